The Kier molecular flexibility index (Phi) is 7.52. The predicted molar refractivity (Wildman–Crippen MR) is 104 cm³/mol. The average Bonchev–Trinajstić information content (AvgIpc) is 2.62. The molecule has 1 saturated heterocycles. The first-order chi connectivity index (χ1) is 12.7. The monoisotopic (exact) mass is 395 g/mol. The molecule has 2 rings (SSSR count). The summed E-state index contributed by atoms with van der Waals surface area (Å²) in [6, 6.07) is 6.17. The standard InChI is InChI=1S/C19H29N3O4S/c1-4-5-15(2)20-19(24)14-21-10-12-22(13-11-21)27(25,26)18-8-6-17(7-9-18)16(3)23/h6-9,15H,4-5,10-14H2,1-3H3,(H,20,24)/t15-/m0/s1. The van der Waals surface area contributed by atoms with Crippen LogP contribution in [-0.2, 0) is 14.8 Å². The predicted octanol–water partition coefficient (Wildman–Crippen LogP) is 1.50. The number of piperazine rings is 1. The van der Waals surface area contributed by atoms with Gasteiger partial charge in [-0.1, -0.05) is 25.5 Å². The molecule has 0 spiro atoms. The Hall–Kier alpha value is -1.77. The number of carbonyl (C=O) groups is 2. The Morgan fingerprint density at radius 2 is 1.70 bits per heavy atom. The molecule has 0 bridgehead atoms. The zero-order valence-electron chi connectivity index (χ0n) is 16.3. The summed E-state index contributed by atoms with van der Waals surface area (Å²) in [5.41, 5.74) is 0.488. The van der Waals surface area contributed by atoms with Gasteiger partial charge in [-0.3, -0.25) is 14.5 Å². The smallest absolute Gasteiger partial charge is 0.243 e. The van der Waals surface area contributed by atoms with E-state index in [-0.39, 0.29) is 29.2 Å². The van der Waals surface area contributed by atoms with Gasteiger partial charge in [0.25, 0.3) is 0 Å². The fraction of sp³-hybridized carbons (Fsp3) is 0.579. The first-order valence-electron chi connectivity index (χ1n) is 9.37. The first kappa shape index (κ1) is 21.5. The van der Waals surface area contributed by atoms with Crippen molar-refractivity contribution in [2.45, 2.75) is 44.6 Å². The minimum absolute atomic E-state index is 0.0212. The van der Waals surface area contributed by atoms with Crippen LogP contribution in [0.15, 0.2) is 29.2 Å². The van der Waals surface area contributed by atoms with E-state index < -0.39 is 10.0 Å². The van der Waals surface area contributed by atoms with Crippen molar-refractivity contribution in [2.75, 3.05) is 32.7 Å². The number of nitrogens with zero attached hydrogens (tertiary/aromatic N) is 2. The molecule has 1 fully saturated rings. The minimum atomic E-state index is -3.59. The lowest BCUT2D eigenvalue weighted by atomic mass is 10.2. The summed E-state index contributed by atoms with van der Waals surface area (Å²) < 4.78 is 27.0. The highest BCUT2D eigenvalue weighted by Crippen LogP contribution is 2.18. The van der Waals surface area contributed by atoms with Crippen LogP contribution in [-0.4, -0.2) is 68.1 Å². The zero-order chi connectivity index (χ0) is 20.0. The van der Waals surface area contributed by atoms with Crippen molar-refractivity contribution in [3.05, 3.63) is 29.8 Å². The SMILES string of the molecule is CCC[C@H](C)NC(=O)CN1CCN(S(=O)(=O)c2ccc(C(C)=O)cc2)CC1. The fourth-order valence-electron chi connectivity index (χ4n) is 3.17. The number of ketones is 1. The van der Waals surface area contributed by atoms with E-state index in [1.54, 1.807) is 0 Å². The topological polar surface area (TPSA) is 86.8 Å². The highest BCUT2D eigenvalue weighted by atomic mass is 32.2. The van der Waals surface area contributed by atoms with Gasteiger partial charge in [-0.25, -0.2) is 8.42 Å². The number of hydrogen-bond donors (Lipinski definition) is 1. The summed E-state index contributed by atoms with van der Waals surface area (Å²) in [6.45, 7) is 7.51. The first-order valence-corrected chi connectivity index (χ1v) is 10.8. The van der Waals surface area contributed by atoms with E-state index in [2.05, 4.69) is 12.2 Å². The summed E-state index contributed by atoms with van der Waals surface area (Å²) in [6.07, 6.45) is 1.96. The van der Waals surface area contributed by atoms with Crippen molar-refractivity contribution in [3.8, 4) is 0 Å². The van der Waals surface area contributed by atoms with Gasteiger partial charge in [0.15, 0.2) is 5.78 Å². The molecule has 0 unspecified atom stereocenters. The zero-order valence-corrected chi connectivity index (χ0v) is 17.1. The molecule has 0 aromatic heterocycles. The number of nitrogens with one attached hydrogen (secondary N) is 1. The Labute approximate surface area is 161 Å². The number of Topliss-reactive ketones (excluding diaryl/α,β-unsaturated/α-hetero) is 1. The largest absolute Gasteiger partial charge is 0.353 e. The Bertz CT molecular complexity index is 754. The van der Waals surface area contributed by atoms with E-state index in [0.29, 0.717) is 31.7 Å². The lowest BCUT2D eigenvalue weighted by Crippen LogP contribution is -2.51. The maximum Gasteiger partial charge on any atom is 0.243 e. The molecule has 1 heterocycles. The van der Waals surface area contributed by atoms with Crippen LogP contribution in [0.25, 0.3) is 0 Å². The highest BCUT2D eigenvalue weighted by molar-refractivity contribution is 7.89. The van der Waals surface area contributed by atoms with Crippen LogP contribution in [0.2, 0.25) is 0 Å². The third-order valence-electron chi connectivity index (χ3n) is 4.73. The van der Waals surface area contributed by atoms with Crippen LogP contribution < -0.4 is 5.32 Å². The second-order valence-corrected chi connectivity index (χ2v) is 8.96. The van der Waals surface area contributed by atoms with Crippen molar-refractivity contribution < 1.29 is 18.0 Å². The number of sulfonamides is 1. The summed E-state index contributed by atoms with van der Waals surface area (Å²) in [5, 5.41) is 2.97. The van der Waals surface area contributed by atoms with E-state index in [1.807, 2.05) is 11.8 Å². The van der Waals surface area contributed by atoms with Crippen LogP contribution >= 0.6 is 0 Å². The number of benzene rings is 1. The highest BCUT2D eigenvalue weighted by Gasteiger charge is 2.29. The van der Waals surface area contributed by atoms with Crippen LogP contribution in [0.1, 0.15) is 44.0 Å². The molecule has 1 aromatic carbocycles. The summed E-state index contributed by atoms with van der Waals surface area (Å²) >= 11 is 0. The van der Waals surface area contributed by atoms with Gasteiger partial charge in [0.1, 0.15) is 0 Å². The lowest BCUT2D eigenvalue weighted by Gasteiger charge is -2.33. The van der Waals surface area contributed by atoms with Gasteiger partial charge in [-0.15, -0.1) is 0 Å². The fourth-order valence-corrected chi connectivity index (χ4v) is 4.59. The number of carbonyl (C=O) groups excluding carboxylic acids is 2. The Morgan fingerprint density at radius 3 is 2.22 bits per heavy atom. The summed E-state index contributed by atoms with van der Waals surface area (Å²) in [5.74, 6) is -0.119. The lowest BCUT2D eigenvalue weighted by molar-refractivity contribution is -0.123. The third-order valence-corrected chi connectivity index (χ3v) is 6.64. The molecule has 1 aliphatic rings. The van der Waals surface area contributed by atoms with Crippen molar-refractivity contribution in [1.82, 2.24) is 14.5 Å². The molecule has 1 amide bonds. The van der Waals surface area contributed by atoms with Gasteiger partial charge < -0.3 is 5.32 Å². The molecule has 1 N–H and O–H groups in total. The second kappa shape index (κ2) is 9.43. The molecule has 1 aliphatic heterocycles. The van der Waals surface area contributed by atoms with Gasteiger partial charge in [0, 0.05) is 37.8 Å². The van der Waals surface area contributed by atoms with E-state index in [1.165, 1.54) is 35.5 Å². The van der Waals surface area contributed by atoms with E-state index in [4.69, 9.17) is 0 Å². The van der Waals surface area contributed by atoms with Crippen molar-refractivity contribution >= 4 is 21.7 Å². The normalized spacial score (nSPS) is 17.4. The number of amides is 1. The average molecular weight is 396 g/mol. The van der Waals surface area contributed by atoms with Crippen LogP contribution in [0.4, 0.5) is 0 Å². The maximum absolute atomic E-state index is 12.8. The number of rotatable bonds is 8. The molecular weight excluding hydrogens is 366 g/mol. The molecule has 1 atom stereocenters. The summed E-state index contributed by atoms with van der Waals surface area (Å²) in [4.78, 5) is 25.6. The number of hydrogen-bond acceptors (Lipinski definition) is 5. The second-order valence-electron chi connectivity index (χ2n) is 7.02. The molecule has 0 saturated carbocycles. The van der Waals surface area contributed by atoms with Crippen molar-refractivity contribution in [1.29, 1.82) is 0 Å². The van der Waals surface area contributed by atoms with E-state index in [9.17, 15) is 18.0 Å². The molecule has 7 nitrogen and oxygen atoms in total. The molecule has 27 heavy (non-hydrogen) atoms. The van der Waals surface area contributed by atoms with Crippen LogP contribution in [0, 0.1) is 0 Å². The van der Waals surface area contributed by atoms with Gasteiger partial charge >= 0.3 is 0 Å². The van der Waals surface area contributed by atoms with Crippen molar-refractivity contribution in [3.63, 3.8) is 0 Å². The Morgan fingerprint density at radius 1 is 1.11 bits per heavy atom. The molecule has 8 heteroatoms. The van der Waals surface area contributed by atoms with Gasteiger partial charge in [0.2, 0.25) is 15.9 Å². The molecule has 150 valence electrons. The van der Waals surface area contributed by atoms with E-state index >= 15 is 0 Å². The third kappa shape index (κ3) is 5.85. The van der Waals surface area contributed by atoms with Gasteiger partial charge in [0.05, 0.1) is 11.4 Å². The van der Waals surface area contributed by atoms with Crippen LogP contribution in [0.3, 0.4) is 0 Å². The molecule has 0 radical (unpaired) electrons. The van der Waals surface area contributed by atoms with E-state index in [0.717, 1.165) is 12.8 Å². The molecule has 0 aliphatic carbocycles. The summed E-state index contributed by atoms with van der Waals surface area (Å²) in [7, 11) is -3.59. The maximum atomic E-state index is 12.8. The van der Waals surface area contributed by atoms with Gasteiger partial charge in [-0.2, -0.15) is 4.31 Å². The minimum Gasteiger partial charge on any atom is -0.353 e. The molecular formula is C19H29N3O4S. The van der Waals surface area contributed by atoms with Crippen LogP contribution in [0.5, 0.6) is 0 Å². The quantitative estimate of drug-likeness (QED) is 0.674. The Balaban J connectivity index is 1.90. The van der Waals surface area contributed by atoms with Gasteiger partial charge in [-0.05, 0) is 32.4 Å². The molecule has 1 aromatic rings. The van der Waals surface area contributed by atoms with Crippen molar-refractivity contribution in [2.24, 2.45) is 0 Å².